The number of carboxylic acid groups (broad SMARTS) is 1. The molecule has 0 fully saturated rings. The van der Waals surface area contributed by atoms with Gasteiger partial charge in [0.05, 0.1) is 7.11 Å². The minimum Gasteiger partial charge on any atom is -0.493 e. The predicted octanol–water partition coefficient (Wildman–Crippen LogP) is 5.00. The number of carboxylic acids is 1. The van der Waals surface area contributed by atoms with E-state index in [1.807, 2.05) is 0 Å². The molecule has 0 atom stereocenters. The molecule has 2 aromatic rings. The van der Waals surface area contributed by atoms with Crippen molar-refractivity contribution in [2.24, 2.45) is 0 Å². The van der Waals surface area contributed by atoms with Gasteiger partial charge in [0.2, 0.25) is 5.82 Å². The topological polar surface area (TPSA) is 58.6 Å². The first-order chi connectivity index (χ1) is 13.8. The second-order valence-corrected chi connectivity index (χ2v) is 5.49. The summed E-state index contributed by atoms with van der Waals surface area (Å²) < 4.78 is 139. The van der Waals surface area contributed by atoms with Crippen LogP contribution in [-0.2, 0) is 12.7 Å². The van der Waals surface area contributed by atoms with E-state index in [1.54, 1.807) is 0 Å². The molecular weight excluding hydrogens is 444 g/mol. The number of ether oxygens (including phenoxy) is 1. The van der Waals surface area contributed by atoms with Gasteiger partial charge in [-0.05, 0) is 0 Å². The summed E-state index contributed by atoms with van der Waals surface area (Å²) in [7, 11) is 0.676. The highest BCUT2D eigenvalue weighted by Gasteiger charge is 2.42. The maximum Gasteiger partial charge on any atom is 0.422 e. The van der Waals surface area contributed by atoms with Crippen molar-refractivity contribution in [2.75, 3.05) is 12.4 Å². The van der Waals surface area contributed by atoms with E-state index in [-0.39, 0.29) is 0 Å². The smallest absolute Gasteiger partial charge is 0.422 e. The first-order valence-electron chi connectivity index (χ1n) is 7.39. The van der Waals surface area contributed by atoms with Crippen LogP contribution in [0.1, 0.15) is 21.5 Å². The quantitative estimate of drug-likeness (QED) is 0.497. The van der Waals surface area contributed by atoms with Crippen LogP contribution < -0.4 is 10.1 Å². The molecule has 4 nitrogen and oxygen atoms in total. The van der Waals surface area contributed by atoms with Crippen molar-refractivity contribution in [3.8, 4) is 5.75 Å². The average Bonchev–Trinajstić information content (AvgIpc) is 2.63. The molecule has 0 bridgehead atoms. The first-order valence-corrected chi connectivity index (χ1v) is 7.39. The third-order valence-electron chi connectivity index (χ3n) is 3.78. The number of hydrogen-bond acceptors (Lipinski definition) is 3. The Hall–Kier alpha value is -3.19. The fraction of sp³-hybridized carbons (Fsp3) is 0.188. The van der Waals surface area contributed by atoms with Crippen molar-refractivity contribution in [3.63, 3.8) is 0 Å². The number of nitrogens with one attached hydrogen (secondary N) is 1. The molecule has 0 saturated carbocycles. The van der Waals surface area contributed by atoms with Gasteiger partial charge < -0.3 is 15.2 Å². The van der Waals surface area contributed by atoms with Gasteiger partial charge in [0.15, 0.2) is 40.7 Å². The average molecular weight is 451 g/mol. The number of halogens is 10. The zero-order valence-corrected chi connectivity index (χ0v) is 14.3. The summed E-state index contributed by atoms with van der Waals surface area (Å²) in [5, 5.41) is 10.4. The van der Waals surface area contributed by atoms with Gasteiger partial charge in [0.1, 0.15) is 16.8 Å². The molecule has 14 heteroatoms. The van der Waals surface area contributed by atoms with Crippen LogP contribution in [0.2, 0.25) is 0 Å². The van der Waals surface area contributed by atoms with Crippen molar-refractivity contribution in [3.05, 3.63) is 57.4 Å². The van der Waals surface area contributed by atoms with Crippen LogP contribution in [0.4, 0.5) is 49.6 Å². The van der Waals surface area contributed by atoms with Gasteiger partial charge >= 0.3 is 12.1 Å². The van der Waals surface area contributed by atoms with Crippen molar-refractivity contribution in [2.45, 2.75) is 12.7 Å². The predicted molar refractivity (Wildman–Crippen MR) is 78.4 cm³/mol. The minimum absolute atomic E-state index is 0.676. The Labute approximate surface area is 159 Å². The van der Waals surface area contributed by atoms with Crippen LogP contribution in [0.5, 0.6) is 5.75 Å². The highest BCUT2D eigenvalue weighted by molar-refractivity contribution is 5.93. The number of benzene rings is 2. The van der Waals surface area contributed by atoms with Crippen LogP contribution in [-0.4, -0.2) is 18.2 Å². The molecule has 0 aliphatic carbocycles. The van der Waals surface area contributed by atoms with Crippen LogP contribution in [0, 0.1) is 40.7 Å². The normalized spacial score (nSPS) is 11.6. The molecule has 0 aliphatic rings. The molecule has 0 amide bonds. The lowest BCUT2D eigenvalue weighted by molar-refractivity contribution is -0.143. The van der Waals surface area contributed by atoms with Gasteiger partial charge in [-0.25, -0.2) is 31.1 Å². The number of anilines is 1. The molecule has 30 heavy (non-hydrogen) atoms. The van der Waals surface area contributed by atoms with E-state index in [0.717, 1.165) is 0 Å². The zero-order valence-electron chi connectivity index (χ0n) is 14.3. The fourth-order valence-electron chi connectivity index (χ4n) is 2.44. The van der Waals surface area contributed by atoms with E-state index < -0.39 is 87.5 Å². The molecule has 2 aromatic carbocycles. The van der Waals surface area contributed by atoms with E-state index in [9.17, 15) is 48.7 Å². The Morgan fingerprint density at radius 3 is 1.77 bits per heavy atom. The molecule has 164 valence electrons. The lowest BCUT2D eigenvalue weighted by atomic mass is 10.1. The number of aromatic carboxylic acids is 1. The van der Waals surface area contributed by atoms with Gasteiger partial charge in [0.25, 0.3) is 0 Å². The molecular formula is C16H7F10NO3. The molecule has 2 N–H and O–H groups in total. The Kier molecular flexibility index (Phi) is 6.09. The van der Waals surface area contributed by atoms with Crippen LogP contribution in [0.25, 0.3) is 0 Å². The summed E-state index contributed by atoms with van der Waals surface area (Å²) >= 11 is 0. The Morgan fingerprint density at radius 1 is 0.867 bits per heavy atom. The molecule has 0 aromatic heterocycles. The van der Waals surface area contributed by atoms with Crippen molar-refractivity contribution in [1.82, 2.24) is 0 Å². The second kappa shape index (κ2) is 7.91. The zero-order chi connectivity index (χ0) is 23.1. The van der Waals surface area contributed by atoms with Crippen LogP contribution in [0.15, 0.2) is 0 Å². The Morgan fingerprint density at radius 2 is 1.37 bits per heavy atom. The van der Waals surface area contributed by atoms with Gasteiger partial charge in [-0.15, -0.1) is 0 Å². The third-order valence-corrected chi connectivity index (χ3v) is 3.78. The van der Waals surface area contributed by atoms with E-state index in [1.165, 1.54) is 5.32 Å². The molecule has 2 rings (SSSR count). The number of alkyl halides is 3. The van der Waals surface area contributed by atoms with Crippen LogP contribution in [0.3, 0.4) is 0 Å². The summed E-state index contributed by atoms with van der Waals surface area (Å²) in [4.78, 5) is 11.1. The van der Waals surface area contributed by atoms with Crippen LogP contribution >= 0.6 is 0 Å². The van der Waals surface area contributed by atoms with Gasteiger partial charge in [-0.2, -0.15) is 17.6 Å². The summed E-state index contributed by atoms with van der Waals surface area (Å²) in [6.45, 7) is -1.59. The highest BCUT2D eigenvalue weighted by atomic mass is 19.4. The highest BCUT2D eigenvalue weighted by Crippen LogP contribution is 2.38. The summed E-state index contributed by atoms with van der Waals surface area (Å²) in [6.07, 6.45) is -5.81. The van der Waals surface area contributed by atoms with E-state index >= 15 is 0 Å². The number of rotatable bonds is 5. The molecule has 0 spiro atoms. The number of methoxy groups -OCH3 is 1. The Balaban J connectivity index is 2.60. The van der Waals surface area contributed by atoms with Crippen molar-refractivity contribution >= 4 is 11.7 Å². The lowest BCUT2D eigenvalue weighted by Gasteiger charge is -2.17. The third kappa shape index (κ3) is 3.68. The van der Waals surface area contributed by atoms with Gasteiger partial charge in [-0.1, -0.05) is 0 Å². The fourth-order valence-corrected chi connectivity index (χ4v) is 2.44. The number of hydrogen-bond donors (Lipinski definition) is 2. The van der Waals surface area contributed by atoms with E-state index in [4.69, 9.17) is 5.11 Å². The molecule has 0 aliphatic heterocycles. The standard InChI is InChI=1S/C16H7F10NO3/c1-30-14-4(15(28)29)8(19)13(11(22)12(14)23)27-2-3-6(17)9(20)5(16(24,25)26)10(21)7(3)18/h27H,2H2,1H3,(H,28,29). The van der Waals surface area contributed by atoms with E-state index in [0.29, 0.717) is 7.11 Å². The van der Waals surface area contributed by atoms with Gasteiger partial charge in [-0.3, -0.25) is 0 Å². The molecule has 0 unspecified atom stereocenters. The SMILES string of the molecule is COc1c(F)c(F)c(NCc2c(F)c(F)c(C(F)(F)F)c(F)c2F)c(F)c1C(=O)O. The maximum absolute atomic E-state index is 14.3. The second-order valence-electron chi connectivity index (χ2n) is 5.49. The Bertz CT molecular complexity index is 1010. The summed E-state index contributed by atoms with van der Waals surface area (Å²) in [5.74, 6) is -20.4. The number of carbonyl (C=O) groups is 1. The van der Waals surface area contributed by atoms with Gasteiger partial charge in [0, 0.05) is 12.1 Å². The lowest BCUT2D eigenvalue weighted by Crippen LogP contribution is -2.19. The van der Waals surface area contributed by atoms with Crippen molar-refractivity contribution < 1.29 is 58.5 Å². The summed E-state index contributed by atoms with van der Waals surface area (Å²) in [5.41, 5.74) is -7.80. The summed E-state index contributed by atoms with van der Waals surface area (Å²) in [6, 6.07) is 0. The molecule has 0 heterocycles. The monoisotopic (exact) mass is 451 g/mol. The van der Waals surface area contributed by atoms with E-state index in [2.05, 4.69) is 4.74 Å². The largest absolute Gasteiger partial charge is 0.493 e. The minimum atomic E-state index is -5.81. The molecule has 0 radical (unpaired) electrons. The van der Waals surface area contributed by atoms with Crippen molar-refractivity contribution in [1.29, 1.82) is 0 Å². The maximum atomic E-state index is 14.3. The molecule has 0 saturated heterocycles. The first kappa shape index (κ1) is 23.1.